The van der Waals surface area contributed by atoms with Crippen molar-refractivity contribution >= 4 is 21.8 Å². The average Bonchev–Trinajstić information content (AvgIpc) is 3.65. The Labute approximate surface area is 438 Å². The highest BCUT2D eigenvalue weighted by atomic mass is 15.0. The molecule has 3 aliphatic carbocycles. The van der Waals surface area contributed by atoms with Crippen molar-refractivity contribution in [3.8, 4) is 90.8 Å². The molecule has 9 aromatic carbocycles. The quantitative estimate of drug-likeness (QED) is 0.148. The van der Waals surface area contributed by atoms with Gasteiger partial charge in [0.15, 0.2) is 23.3 Å². The van der Waals surface area contributed by atoms with Crippen LogP contribution >= 0.6 is 0 Å². The molecule has 8 nitrogen and oxygen atoms in total. The Kier molecular flexibility index (Phi) is 10.2. The lowest BCUT2D eigenvalue weighted by molar-refractivity contribution is 0.755. The Balaban J connectivity index is 0.873. The second kappa shape index (κ2) is 17.8. The SMILES string of the molecule is c1ccc(-c2nc(-c3ccc4c(c3)C3c5ccccc5C4c4cc(-c5cc(-c6nc(-c7ccccc7)nc7ccccc67)nc(-c6ccccc6)n5)ccc43)cc(-c3nc(-c4ccccc4)nc4ccccc34)n2)cc1. The van der Waals surface area contributed by atoms with E-state index in [4.69, 9.17) is 39.9 Å². The number of hydrogen-bond acceptors (Lipinski definition) is 8. The van der Waals surface area contributed by atoms with E-state index in [2.05, 4.69) is 109 Å². The molecule has 4 aromatic heterocycles. The van der Waals surface area contributed by atoms with Gasteiger partial charge >= 0.3 is 0 Å². The van der Waals surface area contributed by atoms with Gasteiger partial charge in [-0.05, 0) is 69.8 Å². The molecule has 8 heteroatoms. The zero-order chi connectivity index (χ0) is 50.1. The standard InChI is InChI=1S/C68H42N8/c1-5-19-41(20-6-1)65-71-57(39-59(73-65)63-51-29-15-17-31-55(51)69-67(75-63)43-23-9-3-10-24-43)45-33-35-49-53(37-45)61-47-27-13-14-28-48(47)62(49)54-38-46(34-36-50(54)61)58-40-60(74-66(72-58)42-21-7-2-8-22-42)64-52-30-16-18-32-56(52)70-68(76-64)44-25-11-4-12-26-44/h1-40,61-62H. The van der Waals surface area contributed by atoms with Crippen LogP contribution in [0, 0.1) is 0 Å². The molecule has 2 atom stereocenters. The first-order valence-electron chi connectivity index (χ1n) is 25.6. The van der Waals surface area contributed by atoms with Crippen LogP contribution in [-0.2, 0) is 0 Å². The van der Waals surface area contributed by atoms with Crippen molar-refractivity contribution in [1.82, 2.24) is 39.9 Å². The fourth-order valence-electron chi connectivity index (χ4n) is 11.4. The molecule has 13 aromatic rings. The summed E-state index contributed by atoms with van der Waals surface area (Å²) in [6.45, 7) is 0. The van der Waals surface area contributed by atoms with Crippen molar-refractivity contribution in [2.45, 2.75) is 11.8 Å². The third-order valence-corrected chi connectivity index (χ3v) is 14.9. The molecular weight excluding hydrogens is 929 g/mol. The van der Waals surface area contributed by atoms with E-state index in [0.717, 1.165) is 89.4 Å². The van der Waals surface area contributed by atoms with Crippen molar-refractivity contribution in [2.75, 3.05) is 0 Å². The van der Waals surface area contributed by atoms with E-state index in [9.17, 15) is 0 Å². The van der Waals surface area contributed by atoms with Crippen LogP contribution in [0.5, 0.6) is 0 Å². The van der Waals surface area contributed by atoms with Crippen LogP contribution < -0.4 is 0 Å². The second-order valence-electron chi connectivity index (χ2n) is 19.4. The maximum Gasteiger partial charge on any atom is 0.160 e. The van der Waals surface area contributed by atoms with Crippen molar-refractivity contribution < 1.29 is 0 Å². The molecule has 0 radical (unpaired) electrons. The monoisotopic (exact) mass is 970 g/mol. The van der Waals surface area contributed by atoms with Crippen LogP contribution in [0.15, 0.2) is 243 Å². The van der Waals surface area contributed by atoms with Crippen LogP contribution in [0.2, 0.25) is 0 Å². The first kappa shape index (κ1) is 43.4. The zero-order valence-corrected chi connectivity index (χ0v) is 40.8. The summed E-state index contributed by atoms with van der Waals surface area (Å²) in [5, 5.41) is 1.85. The topological polar surface area (TPSA) is 103 Å². The number of para-hydroxylation sites is 2. The van der Waals surface area contributed by atoms with Gasteiger partial charge in [-0.2, -0.15) is 0 Å². The summed E-state index contributed by atoms with van der Waals surface area (Å²) in [4.78, 5) is 41.7. The van der Waals surface area contributed by atoms with Crippen LogP contribution in [-0.4, -0.2) is 39.9 Å². The van der Waals surface area contributed by atoms with Gasteiger partial charge in [0.25, 0.3) is 0 Å². The van der Waals surface area contributed by atoms with Crippen molar-refractivity contribution in [3.05, 3.63) is 276 Å². The summed E-state index contributed by atoms with van der Waals surface area (Å²) in [7, 11) is 0. The van der Waals surface area contributed by atoms with Gasteiger partial charge in [0.05, 0.1) is 33.8 Å². The van der Waals surface area contributed by atoms with Crippen molar-refractivity contribution in [1.29, 1.82) is 0 Å². The number of rotatable bonds is 8. The van der Waals surface area contributed by atoms with E-state index in [1.165, 1.54) is 33.4 Å². The van der Waals surface area contributed by atoms with E-state index in [0.29, 0.717) is 23.3 Å². The third kappa shape index (κ3) is 7.37. The van der Waals surface area contributed by atoms with Gasteiger partial charge in [-0.3, -0.25) is 0 Å². The molecule has 2 bridgehead atoms. The highest BCUT2D eigenvalue weighted by Crippen LogP contribution is 2.57. The molecule has 0 aliphatic heterocycles. The molecular formula is C68H42N8. The van der Waals surface area contributed by atoms with E-state index in [1.54, 1.807) is 0 Å². The normalized spacial score (nSPS) is 14.1. The number of aromatic nitrogens is 8. The fraction of sp³-hybridized carbons (Fsp3) is 0.0294. The average molecular weight is 971 g/mol. The lowest BCUT2D eigenvalue weighted by Crippen LogP contribution is -2.27. The van der Waals surface area contributed by atoms with Gasteiger partial charge in [-0.25, -0.2) is 39.9 Å². The smallest absolute Gasteiger partial charge is 0.160 e. The Morgan fingerprint density at radius 3 is 0.921 bits per heavy atom. The van der Waals surface area contributed by atoms with Gasteiger partial charge in [-0.1, -0.05) is 206 Å². The van der Waals surface area contributed by atoms with Crippen molar-refractivity contribution in [2.24, 2.45) is 0 Å². The molecule has 3 aliphatic rings. The molecule has 4 heterocycles. The number of benzene rings is 9. The summed E-state index contributed by atoms with van der Waals surface area (Å²) < 4.78 is 0. The van der Waals surface area contributed by atoms with Gasteiger partial charge < -0.3 is 0 Å². The molecule has 0 fully saturated rings. The van der Waals surface area contributed by atoms with Crippen LogP contribution in [0.3, 0.4) is 0 Å². The molecule has 76 heavy (non-hydrogen) atoms. The van der Waals surface area contributed by atoms with E-state index in [1.807, 2.05) is 133 Å². The van der Waals surface area contributed by atoms with Crippen LogP contribution in [0.4, 0.5) is 0 Å². The predicted molar refractivity (Wildman–Crippen MR) is 302 cm³/mol. The summed E-state index contributed by atoms with van der Waals surface area (Å²) >= 11 is 0. The Bertz CT molecular complexity index is 4130. The van der Waals surface area contributed by atoms with E-state index >= 15 is 0 Å². The summed E-state index contributed by atoms with van der Waals surface area (Å²) in [6.07, 6.45) is 0. The summed E-state index contributed by atoms with van der Waals surface area (Å²) in [5.41, 5.74) is 19.9. The molecule has 2 unspecified atom stereocenters. The maximum absolute atomic E-state index is 5.33. The minimum atomic E-state index is -0.000953. The third-order valence-electron chi connectivity index (χ3n) is 14.9. The molecule has 0 saturated heterocycles. The van der Waals surface area contributed by atoms with E-state index in [-0.39, 0.29) is 11.8 Å². The second-order valence-corrected chi connectivity index (χ2v) is 19.4. The van der Waals surface area contributed by atoms with Gasteiger partial charge in [0.2, 0.25) is 0 Å². The Morgan fingerprint density at radius 1 is 0.211 bits per heavy atom. The van der Waals surface area contributed by atoms with Gasteiger partial charge in [-0.15, -0.1) is 0 Å². The fourth-order valence-corrected chi connectivity index (χ4v) is 11.4. The van der Waals surface area contributed by atoms with Gasteiger partial charge in [0, 0.05) is 56.0 Å². The number of fused-ring (bicyclic) bond motifs is 2. The molecule has 16 rings (SSSR count). The highest BCUT2D eigenvalue weighted by molar-refractivity contribution is 5.95. The lowest BCUT2D eigenvalue weighted by Gasteiger charge is -2.42. The van der Waals surface area contributed by atoms with Crippen LogP contribution in [0.25, 0.3) is 113 Å². The predicted octanol–water partition coefficient (Wildman–Crippen LogP) is 15.5. The van der Waals surface area contributed by atoms with Gasteiger partial charge in [0.1, 0.15) is 11.4 Å². The largest absolute Gasteiger partial charge is 0.228 e. The first-order chi connectivity index (χ1) is 37.6. The molecule has 0 amide bonds. The molecule has 0 spiro atoms. The molecule has 354 valence electrons. The number of hydrogen-bond donors (Lipinski definition) is 0. The lowest BCUT2D eigenvalue weighted by atomic mass is 9.60. The Hall–Kier alpha value is -10.2. The van der Waals surface area contributed by atoms with Crippen molar-refractivity contribution in [3.63, 3.8) is 0 Å². The first-order valence-corrected chi connectivity index (χ1v) is 25.6. The number of nitrogens with zero attached hydrogens (tertiary/aromatic N) is 8. The minimum Gasteiger partial charge on any atom is -0.228 e. The highest BCUT2D eigenvalue weighted by Gasteiger charge is 2.41. The Morgan fingerprint density at radius 2 is 0.526 bits per heavy atom. The zero-order valence-electron chi connectivity index (χ0n) is 40.8. The van der Waals surface area contributed by atoms with Crippen LogP contribution in [0.1, 0.15) is 45.2 Å². The minimum absolute atomic E-state index is 0.000953. The molecule has 0 N–H and O–H groups in total. The summed E-state index contributed by atoms with van der Waals surface area (Å²) in [6, 6.07) is 84.0. The maximum atomic E-state index is 5.33. The van der Waals surface area contributed by atoms with E-state index < -0.39 is 0 Å². The molecule has 0 saturated carbocycles. The summed E-state index contributed by atoms with van der Waals surface area (Å²) in [5.74, 6) is 2.56.